The number of hydrogen-bond acceptors (Lipinski definition) is 3. The molecule has 1 heterocycles. The molecule has 2 N–H and O–H groups in total. The van der Waals surface area contributed by atoms with Crippen molar-refractivity contribution in [1.82, 2.24) is 0 Å². The summed E-state index contributed by atoms with van der Waals surface area (Å²) >= 11 is 6.10. The number of nitrogens with one attached hydrogen (secondary N) is 2. The summed E-state index contributed by atoms with van der Waals surface area (Å²) < 4.78 is 11.6. The van der Waals surface area contributed by atoms with Gasteiger partial charge in [0.2, 0.25) is 0 Å². The van der Waals surface area contributed by atoms with Crippen LogP contribution in [0.5, 0.6) is 11.5 Å². The fourth-order valence-corrected chi connectivity index (χ4v) is 3.43. The van der Waals surface area contributed by atoms with Gasteiger partial charge in [-0.1, -0.05) is 29.8 Å². The zero-order valence-electron chi connectivity index (χ0n) is 15.0. The largest absolute Gasteiger partial charge is 0.455 e. The first-order chi connectivity index (χ1) is 12.5. The third-order valence-electron chi connectivity index (χ3n) is 4.21. The highest BCUT2D eigenvalue weighted by molar-refractivity contribution is 6.31. The van der Waals surface area contributed by atoms with Gasteiger partial charge < -0.3 is 19.7 Å². The van der Waals surface area contributed by atoms with Gasteiger partial charge in [0.25, 0.3) is 5.91 Å². The van der Waals surface area contributed by atoms with Crippen LogP contribution in [-0.2, 0) is 9.53 Å². The second kappa shape index (κ2) is 8.54. The van der Waals surface area contributed by atoms with Crippen molar-refractivity contribution in [3.63, 3.8) is 0 Å². The van der Waals surface area contributed by atoms with Gasteiger partial charge in [-0.05, 0) is 44.2 Å². The number of morpholine rings is 1. The van der Waals surface area contributed by atoms with E-state index in [9.17, 15) is 4.79 Å². The number of para-hydroxylation sites is 1. The summed E-state index contributed by atoms with van der Waals surface area (Å²) in [6.45, 7) is 6.10. The first-order valence-corrected chi connectivity index (χ1v) is 9.18. The Labute approximate surface area is 158 Å². The Balaban J connectivity index is 1.68. The molecule has 0 aromatic heterocycles. The van der Waals surface area contributed by atoms with Gasteiger partial charge in [0, 0.05) is 5.02 Å². The number of rotatable bonds is 5. The summed E-state index contributed by atoms with van der Waals surface area (Å²) in [5, 5.41) is 3.48. The summed E-state index contributed by atoms with van der Waals surface area (Å²) in [5.74, 6) is 1.20. The molecular weight excluding hydrogens is 352 g/mol. The van der Waals surface area contributed by atoms with Crippen LogP contribution < -0.4 is 15.0 Å². The van der Waals surface area contributed by atoms with Gasteiger partial charge in [-0.2, -0.15) is 0 Å². The van der Waals surface area contributed by atoms with Gasteiger partial charge in [0.15, 0.2) is 12.3 Å². The van der Waals surface area contributed by atoms with E-state index in [0.717, 1.165) is 13.1 Å². The van der Waals surface area contributed by atoms with E-state index >= 15 is 0 Å². The quantitative estimate of drug-likeness (QED) is 0.845. The fourth-order valence-electron chi connectivity index (χ4n) is 3.26. The van der Waals surface area contributed by atoms with E-state index in [1.54, 1.807) is 18.2 Å². The number of hydrogen-bond donors (Lipinski definition) is 2. The Bertz CT molecular complexity index is 744. The summed E-state index contributed by atoms with van der Waals surface area (Å²) in [7, 11) is 0. The van der Waals surface area contributed by atoms with E-state index < -0.39 is 0 Å². The molecule has 1 amide bonds. The van der Waals surface area contributed by atoms with E-state index in [4.69, 9.17) is 21.1 Å². The van der Waals surface area contributed by atoms with Crippen LogP contribution in [0.15, 0.2) is 48.5 Å². The lowest BCUT2D eigenvalue weighted by Gasteiger charge is -2.31. The number of anilines is 1. The van der Waals surface area contributed by atoms with Gasteiger partial charge in [-0.3, -0.25) is 4.79 Å². The fraction of sp³-hybridized carbons (Fsp3) is 0.350. The Morgan fingerprint density at radius 3 is 2.58 bits per heavy atom. The highest BCUT2D eigenvalue weighted by atomic mass is 35.5. The zero-order valence-corrected chi connectivity index (χ0v) is 15.8. The standard InChI is InChI=1S/C20H23ClN2O3/c1-14-11-23(12-15(2)25-14)13-20(24)22-18-10-16(21)8-9-19(18)26-17-6-4-3-5-7-17/h3-10,14-15H,11-13H2,1-2H3,(H,22,24)/p+1/t14-,15-/m1/s1. The van der Waals surface area contributed by atoms with Crippen LogP contribution >= 0.6 is 11.6 Å². The van der Waals surface area contributed by atoms with E-state index in [1.807, 2.05) is 44.2 Å². The van der Waals surface area contributed by atoms with E-state index in [-0.39, 0.29) is 18.1 Å². The van der Waals surface area contributed by atoms with Crippen LogP contribution in [0, 0.1) is 0 Å². The third kappa shape index (κ3) is 5.21. The number of ether oxygens (including phenoxy) is 2. The molecule has 1 fully saturated rings. The number of amides is 1. The molecule has 2 aromatic carbocycles. The number of carbonyl (C=O) groups excluding carboxylic acids is 1. The predicted octanol–water partition coefficient (Wildman–Crippen LogP) is 2.76. The Morgan fingerprint density at radius 1 is 1.19 bits per heavy atom. The molecule has 0 unspecified atom stereocenters. The van der Waals surface area contributed by atoms with Gasteiger partial charge in [-0.15, -0.1) is 0 Å². The molecule has 0 aliphatic carbocycles. The topological polar surface area (TPSA) is 52.0 Å². The van der Waals surface area contributed by atoms with Crippen molar-refractivity contribution in [2.75, 3.05) is 25.0 Å². The van der Waals surface area contributed by atoms with Crippen LogP contribution in [-0.4, -0.2) is 37.7 Å². The molecular formula is C20H24ClN2O3+. The summed E-state index contributed by atoms with van der Waals surface area (Å²) in [6.07, 6.45) is 0.314. The van der Waals surface area contributed by atoms with Crippen LogP contribution in [0.3, 0.4) is 0 Å². The molecule has 138 valence electrons. The van der Waals surface area contributed by atoms with Gasteiger partial charge in [-0.25, -0.2) is 0 Å². The minimum absolute atomic E-state index is 0.0681. The van der Waals surface area contributed by atoms with Crippen molar-refractivity contribution in [1.29, 1.82) is 0 Å². The minimum Gasteiger partial charge on any atom is -0.455 e. The predicted molar refractivity (Wildman–Crippen MR) is 102 cm³/mol. The smallest absolute Gasteiger partial charge is 0.279 e. The van der Waals surface area contributed by atoms with Crippen molar-refractivity contribution in [2.45, 2.75) is 26.1 Å². The second-order valence-electron chi connectivity index (χ2n) is 6.70. The highest BCUT2D eigenvalue weighted by Gasteiger charge is 2.27. The summed E-state index contributed by atoms with van der Waals surface area (Å²) in [5.41, 5.74) is 0.570. The monoisotopic (exact) mass is 375 g/mol. The average Bonchev–Trinajstić information content (AvgIpc) is 2.57. The van der Waals surface area contributed by atoms with Gasteiger partial charge >= 0.3 is 0 Å². The van der Waals surface area contributed by atoms with Crippen LogP contribution in [0.4, 0.5) is 5.69 Å². The normalized spacial score (nSPS) is 22.7. The Hall–Kier alpha value is -2.08. The molecule has 0 bridgehead atoms. The van der Waals surface area contributed by atoms with E-state index in [0.29, 0.717) is 28.8 Å². The molecule has 5 nitrogen and oxygen atoms in total. The zero-order chi connectivity index (χ0) is 18.5. The van der Waals surface area contributed by atoms with Crippen LogP contribution in [0.2, 0.25) is 5.02 Å². The lowest BCUT2D eigenvalue weighted by molar-refractivity contribution is -0.907. The maximum atomic E-state index is 12.5. The first-order valence-electron chi connectivity index (χ1n) is 8.81. The second-order valence-corrected chi connectivity index (χ2v) is 7.13. The first kappa shape index (κ1) is 18.7. The number of halogens is 1. The molecule has 0 saturated carbocycles. The average molecular weight is 376 g/mol. The van der Waals surface area contributed by atoms with Gasteiger partial charge in [0.1, 0.15) is 31.0 Å². The minimum atomic E-state index is -0.0681. The number of benzene rings is 2. The molecule has 1 saturated heterocycles. The Kier molecular flexibility index (Phi) is 6.14. The molecule has 2 atom stereocenters. The molecule has 3 rings (SSSR count). The molecule has 2 aromatic rings. The summed E-state index contributed by atoms with van der Waals surface area (Å²) in [4.78, 5) is 13.7. The molecule has 1 aliphatic rings. The SMILES string of the molecule is C[C@@H]1C[NH+](CC(=O)Nc2cc(Cl)ccc2Oc2ccccc2)C[C@@H](C)O1. The lowest BCUT2D eigenvalue weighted by atomic mass is 10.2. The molecule has 0 spiro atoms. The van der Waals surface area contributed by atoms with E-state index in [1.165, 1.54) is 4.90 Å². The number of quaternary nitrogens is 1. The van der Waals surface area contributed by atoms with Crippen molar-refractivity contribution < 1.29 is 19.2 Å². The molecule has 1 aliphatic heterocycles. The van der Waals surface area contributed by atoms with Crippen molar-refractivity contribution >= 4 is 23.2 Å². The van der Waals surface area contributed by atoms with Crippen LogP contribution in [0.25, 0.3) is 0 Å². The van der Waals surface area contributed by atoms with Crippen molar-refractivity contribution in [3.8, 4) is 11.5 Å². The number of carbonyl (C=O) groups is 1. The van der Waals surface area contributed by atoms with E-state index in [2.05, 4.69) is 5.32 Å². The maximum absolute atomic E-state index is 12.5. The van der Waals surface area contributed by atoms with Gasteiger partial charge in [0.05, 0.1) is 5.69 Å². The lowest BCUT2D eigenvalue weighted by Crippen LogP contribution is -3.16. The molecule has 6 heteroatoms. The molecule has 0 radical (unpaired) electrons. The van der Waals surface area contributed by atoms with Crippen LogP contribution in [0.1, 0.15) is 13.8 Å². The third-order valence-corrected chi connectivity index (χ3v) is 4.45. The van der Waals surface area contributed by atoms with Crippen molar-refractivity contribution in [2.24, 2.45) is 0 Å². The maximum Gasteiger partial charge on any atom is 0.279 e. The van der Waals surface area contributed by atoms with Crippen molar-refractivity contribution in [3.05, 3.63) is 53.6 Å². The highest BCUT2D eigenvalue weighted by Crippen LogP contribution is 2.31. The summed E-state index contributed by atoms with van der Waals surface area (Å²) in [6, 6.07) is 14.6. The molecule has 26 heavy (non-hydrogen) atoms. The Morgan fingerprint density at radius 2 is 1.88 bits per heavy atom.